The molecule has 182 valence electrons. The molecule has 32 heavy (non-hydrogen) atoms. The van der Waals surface area contributed by atoms with Gasteiger partial charge >= 0.3 is 11.9 Å². The van der Waals surface area contributed by atoms with Crippen molar-refractivity contribution in [2.45, 2.75) is 49.9 Å². The van der Waals surface area contributed by atoms with E-state index in [1.54, 1.807) is 0 Å². The van der Waals surface area contributed by atoms with Gasteiger partial charge in [0.25, 0.3) is 0 Å². The van der Waals surface area contributed by atoms with Crippen LogP contribution in [0, 0.1) is 0 Å². The summed E-state index contributed by atoms with van der Waals surface area (Å²) in [5.41, 5.74) is 10.7. The first-order chi connectivity index (χ1) is 14.9. The monoisotopic (exact) mass is 479 g/mol. The Morgan fingerprint density at radius 3 is 1.88 bits per heavy atom. The highest BCUT2D eigenvalue weighted by Gasteiger charge is 2.31. The Bertz CT molecular complexity index is 706. The highest BCUT2D eigenvalue weighted by molar-refractivity contribution is 7.98. The fourth-order valence-corrected chi connectivity index (χ4v) is 2.81. The molecule has 0 radical (unpaired) electrons. The number of hydrogen-bond donors (Lipinski definition) is 8. The van der Waals surface area contributed by atoms with E-state index in [1.165, 1.54) is 11.8 Å². The van der Waals surface area contributed by atoms with Gasteiger partial charge in [-0.15, -0.1) is 0 Å². The first-order valence-corrected chi connectivity index (χ1v) is 10.8. The molecule has 0 saturated carbocycles. The number of hydrogen-bond acceptors (Lipinski definition) is 9. The number of aliphatic hydroxyl groups excluding tert-OH is 1. The second kappa shape index (κ2) is 15.0. The molecule has 0 bridgehead atoms. The fraction of sp³-hybridized carbons (Fsp3) is 0.647. The van der Waals surface area contributed by atoms with Crippen LogP contribution in [-0.2, 0) is 28.8 Å². The van der Waals surface area contributed by atoms with Crippen LogP contribution in [0.3, 0.4) is 0 Å². The minimum absolute atomic E-state index is 0.316. The number of carboxylic acid groups (broad SMARTS) is 2. The van der Waals surface area contributed by atoms with Crippen molar-refractivity contribution in [3.8, 4) is 0 Å². The van der Waals surface area contributed by atoms with Crippen molar-refractivity contribution in [1.82, 2.24) is 16.0 Å². The number of nitrogens with one attached hydrogen (secondary N) is 3. The van der Waals surface area contributed by atoms with Crippen LogP contribution in [0.15, 0.2) is 0 Å². The van der Waals surface area contributed by atoms with E-state index in [9.17, 15) is 33.9 Å². The smallest absolute Gasteiger partial charge is 0.326 e. The van der Waals surface area contributed by atoms with Crippen molar-refractivity contribution in [2.24, 2.45) is 11.5 Å². The molecule has 0 heterocycles. The predicted molar refractivity (Wildman–Crippen MR) is 112 cm³/mol. The highest BCUT2D eigenvalue weighted by atomic mass is 32.2. The van der Waals surface area contributed by atoms with Gasteiger partial charge in [-0.25, -0.2) is 4.79 Å². The summed E-state index contributed by atoms with van der Waals surface area (Å²) in [5.74, 6) is -6.15. The first kappa shape index (κ1) is 29.1. The molecule has 0 saturated heterocycles. The molecule has 14 nitrogen and oxygen atoms in total. The van der Waals surface area contributed by atoms with Crippen LogP contribution >= 0.6 is 11.8 Å². The largest absolute Gasteiger partial charge is 0.481 e. The molecular weight excluding hydrogens is 450 g/mol. The van der Waals surface area contributed by atoms with Crippen LogP contribution in [0.1, 0.15) is 25.7 Å². The van der Waals surface area contributed by atoms with Crippen LogP contribution in [0.25, 0.3) is 0 Å². The zero-order chi connectivity index (χ0) is 24.8. The number of primary amides is 1. The number of carboxylic acids is 2. The number of aliphatic hydroxyl groups is 1. The van der Waals surface area contributed by atoms with Crippen LogP contribution < -0.4 is 27.4 Å². The van der Waals surface area contributed by atoms with E-state index in [0.717, 1.165) is 0 Å². The summed E-state index contributed by atoms with van der Waals surface area (Å²) < 4.78 is 0. The number of aliphatic carboxylic acids is 2. The highest BCUT2D eigenvalue weighted by Crippen LogP contribution is 2.03. The van der Waals surface area contributed by atoms with Crippen molar-refractivity contribution in [2.75, 3.05) is 18.6 Å². The minimum atomic E-state index is -1.80. The number of thioether (sulfide) groups is 1. The van der Waals surface area contributed by atoms with E-state index in [-0.39, 0.29) is 12.8 Å². The van der Waals surface area contributed by atoms with Gasteiger partial charge in [-0.05, 0) is 24.9 Å². The molecule has 0 spiro atoms. The van der Waals surface area contributed by atoms with Crippen molar-refractivity contribution in [1.29, 1.82) is 0 Å². The van der Waals surface area contributed by atoms with Crippen LogP contribution in [0.5, 0.6) is 0 Å². The Morgan fingerprint density at radius 1 is 0.875 bits per heavy atom. The van der Waals surface area contributed by atoms with Crippen molar-refractivity contribution < 1.29 is 44.1 Å². The Balaban J connectivity index is 5.31. The summed E-state index contributed by atoms with van der Waals surface area (Å²) in [7, 11) is 0. The number of nitrogens with two attached hydrogens (primary N) is 2. The molecule has 0 rings (SSSR count). The summed E-state index contributed by atoms with van der Waals surface area (Å²) in [6.45, 7) is -0.840. The maximum Gasteiger partial charge on any atom is 0.326 e. The topological polar surface area (TPSA) is 251 Å². The molecule has 0 aromatic carbocycles. The van der Waals surface area contributed by atoms with Crippen molar-refractivity contribution >= 4 is 47.3 Å². The SMILES string of the molecule is CSCCC(N)C(=O)NC(CO)C(=O)NC(CCC(N)=O)C(=O)NC(CC(=O)O)C(=O)O. The van der Waals surface area contributed by atoms with Gasteiger partial charge in [-0.3, -0.25) is 24.0 Å². The van der Waals surface area contributed by atoms with Gasteiger partial charge in [0.05, 0.1) is 19.1 Å². The lowest BCUT2D eigenvalue weighted by atomic mass is 10.1. The maximum atomic E-state index is 12.5. The number of amides is 4. The summed E-state index contributed by atoms with van der Waals surface area (Å²) in [6, 6.07) is -5.72. The Kier molecular flexibility index (Phi) is 13.6. The second-order valence-corrected chi connectivity index (χ2v) is 7.68. The normalized spacial score (nSPS) is 14.3. The molecule has 0 aliphatic rings. The van der Waals surface area contributed by atoms with Gasteiger partial charge in [0, 0.05) is 6.42 Å². The van der Waals surface area contributed by atoms with E-state index < -0.39 is 72.8 Å². The molecule has 4 amide bonds. The predicted octanol–water partition coefficient (Wildman–Crippen LogP) is -3.66. The van der Waals surface area contributed by atoms with Gasteiger partial charge in [-0.1, -0.05) is 0 Å². The first-order valence-electron chi connectivity index (χ1n) is 9.42. The molecule has 0 aliphatic heterocycles. The zero-order valence-electron chi connectivity index (χ0n) is 17.4. The standard InChI is InChI=1S/C17H29N5O9S/c1-32-5-4-8(18)14(27)22-11(7-23)16(29)20-9(2-3-12(19)24)15(28)21-10(17(30)31)6-13(25)26/h8-11,23H,2-7,18H2,1H3,(H2,19,24)(H,20,29)(H,21,28)(H,22,27)(H,25,26)(H,30,31). The molecule has 10 N–H and O–H groups in total. The minimum Gasteiger partial charge on any atom is -0.481 e. The number of rotatable bonds is 16. The zero-order valence-corrected chi connectivity index (χ0v) is 18.2. The maximum absolute atomic E-state index is 12.5. The number of carbonyl (C=O) groups excluding carboxylic acids is 4. The lowest BCUT2D eigenvalue weighted by Crippen LogP contribution is -2.58. The molecule has 4 atom stereocenters. The average molecular weight is 480 g/mol. The summed E-state index contributed by atoms with van der Waals surface area (Å²) in [4.78, 5) is 70.0. The van der Waals surface area contributed by atoms with Gasteiger partial charge in [0.1, 0.15) is 18.1 Å². The summed E-state index contributed by atoms with van der Waals surface area (Å²) in [5, 5.41) is 33.7. The molecular formula is C17H29N5O9S. The molecule has 0 aromatic rings. The van der Waals surface area contributed by atoms with E-state index in [1.807, 2.05) is 11.6 Å². The molecule has 0 aliphatic carbocycles. The van der Waals surface area contributed by atoms with Crippen molar-refractivity contribution in [3.05, 3.63) is 0 Å². The fourth-order valence-electron chi connectivity index (χ4n) is 2.32. The third-order valence-corrected chi connectivity index (χ3v) is 4.73. The number of carbonyl (C=O) groups is 6. The quantitative estimate of drug-likeness (QED) is 0.107. The van der Waals surface area contributed by atoms with E-state index in [0.29, 0.717) is 12.2 Å². The summed E-state index contributed by atoms with van der Waals surface area (Å²) >= 11 is 1.46. The van der Waals surface area contributed by atoms with Crippen LogP contribution in [-0.4, -0.2) is 93.7 Å². The average Bonchev–Trinajstić information content (AvgIpc) is 2.71. The molecule has 0 aromatic heterocycles. The lowest BCUT2D eigenvalue weighted by molar-refractivity contribution is -0.147. The van der Waals surface area contributed by atoms with Gasteiger partial charge in [-0.2, -0.15) is 11.8 Å². The van der Waals surface area contributed by atoms with Crippen molar-refractivity contribution in [3.63, 3.8) is 0 Å². The third-order valence-electron chi connectivity index (χ3n) is 4.09. The van der Waals surface area contributed by atoms with E-state index >= 15 is 0 Å². The Hall–Kier alpha value is -2.91. The van der Waals surface area contributed by atoms with E-state index in [4.69, 9.17) is 21.7 Å². The van der Waals surface area contributed by atoms with Gasteiger partial charge in [0.15, 0.2) is 0 Å². The van der Waals surface area contributed by atoms with Crippen LogP contribution in [0.2, 0.25) is 0 Å². The van der Waals surface area contributed by atoms with Crippen LogP contribution in [0.4, 0.5) is 0 Å². The lowest BCUT2D eigenvalue weighted by Gasteiger charge is -2.24. The molecule has 0 fully saturated rings. The van der Waals surface area contributed by atoms with E-state index in [2.05, 4.69) is 10.6 Å². The third kappa shape index (κ3) is 11.5. The Morgan fingerprint density at radius 2 is 1.41 bits per heavy atom. The van der Waals surface area contributed by atoms with Gasteiger partial charge in [0.2, 0.25) is 23.6 Å². The van der Waals surface area contributed by atoms with Gasteiger partial charge < -0.3 is 42.7 Å². The Labute approximate surface area is 187 Å². The molecule has 4 unspecified atom stereocenters. The molecule has 15 heteroatoms. The summed E-state index contributed by atoms with van der Waals surface area (Å²) in [6.07, 6.45) is 0.491. The second-order valence-electron chi connectivity index (χ2n) is 6.70.